The van der Waals surface area contributed by atoms with E-state index in [1.807, 2.05) is 13.8 Å². The molecule has 0 aliphatic rings. The number of rotatable bonds is 4. The molecule has 1 aromatic rings. The zero-order chi connectivity index (χ0) is 13.0. The summed E-state index contributed by atoms with van der Waals surface area (Å²) in [6, 6.07) is 3.64. The lowest BCUT2D eigenvalue weighted by Gasteiger charge is -2.14. The molecule has 0 saturated heterocycles. The first-order chi connectivity index (χ1) is 7.95. The van der Waals surface area contributed by atoms with E-state index in [4.69, 9.17) is 5.73 Å². The van der Waals surface area contributed by atoms with Crippen molar-refractivity contribution in [3.8, 4) is 0 Å². The van der Waals surface area contributed by atoms with Crippen LogP contribution in [0.1, 0.15) is 29.3 Å². The zero-order valence-electron chi connectivity index (χ0n) is 10.1. The molecule has 0 radical (unpaired) electrons. The Bertz CT molecular complexity index is 443. The van der Waals surface area contributed by atoms with Gasteiger partial charge in [0, 0.05) is 21.8 Å². The highest BCUT2D eigenvalue weighted by atomic mass is 79.9. The Labute approximate surface area is 110 Å². The van der Waals surface area contributed by atoms with Crippen molar-refractivity contribution >= 4 is 27.5 Å². The molecule has 3 nitrogen and oxygen atoms in total. The lowest BCUT2D eigenvalue weighted by atomic mass is 10.1. The zero-order valence-corrected chi connectivity index (χ0v) is 11.7. The van der Waals surface area contributed by atoms with Gasteiger partial charge < -0.3 is 11.1 Å². The van der Waals surface area contributed by atoms with E-state index in [-0.39, 0.29) is 11.9 Å². The molecule has 1 atom stereocenters. The molecule has 1 aromatic carbocycles. The van der Waals surface area contributed by atoms with Crippen LogP contribution in [0.3, 0.4) is 0 Å². The number of carbonyl (C=O) groups is 1. The van der Waals surface area contributed by atoms with Crippen molar-refractivity contribution in [2.24, 2.45) is 0 Å². The van der Waals surface area contributed by atoms with Crippen LogP contribution in [0, 0.1) is 6.92 Å². The second-order valence-corrected chi connectivity index (χ2v) is 4.98. The minimum Gasteiger partial charge on any atom is -0.398 e. The highest BCUT2D eigenvalue weighted by Crippen LogP contribution is 2.22. The summed E-state index contributed by atoms with van der Waals surface area (Å²) in [7, 11) is 0. The molecule has 0 heterocycles. The third-order valence-corrected chi connectivity index (χ3v) is 3.01. The van der Waals surface area contributed by atoms with Gasteiger partial charge in [-0.15, -0.1) is 6.58 Å². The Morgan fingerprint density at radius 2 is 2.29 bits per heavy atom. The van der Waals surface area contributed by atoms with Crippen LogP contribution in [0.4, 0.5) is 5.69 Å². The fourth-order valence-electron chi connectivity index (χ4n) is 1.55. The number of amides is 1. The minimum atomic E-state index is -0.107. The Hall–Kier alpha value is -1.29. The van der Waals surface area contributed by atoms with Gasteiger partial charge in [-0.25, -0.2) is 0 Å². The van der Waals surface area contributed by atoms with Crippen LogP contribution in [0.5, 0.6) is 0 Å². The highest BCUT2D eigenvalue weighted by molar-refractivity contribution is 9.10. The number of hydrogen-bond acceptors (Lipinski definition) is 2. The summed E-state index contributed by atoms with van der Waals surface area (Å²) in [6.45, 7) is 7.43. The maximum absolute atomic E-state index is 12.0. The molecule has 0 fully saturated rings. The first kappa shape index (κ1) is 13.8. The first-order valence-electron chi connectivity index (χ1n) is 5.43. The number of benzene rings is 1. The van der Waals surface area contributed by atoms with Crippen LogP contribution in [0.2, 0.25) is 0 Å². The van der Waals surface area contributed by atoms with Crippen LogP contribution in [0.15, 0.2) is 29.3 Å². The predicted molar refractivity (Wildman–Crippen MR) is 75.0 cm³/mol. The van der Waals surface area contributed by atoms with Crippen molar-refractivity contribution in [3.63, 3.8) is 0 Å². The molecule has 1 unspecified atom stereocenters. The van der Waals surface area contributed by atoms with Crippen LogP contribution in [-0.4, -0.2) is 11.9 Å². The predicted octanol–water partition coefficient (Wildman–Crippen LogP) is 3.03. The van der Waals surface area contributed by atoms with Crippen molar-refractivity contribution in [2.75, 3.05) is 5.73 Å². The lowest BCUT2D eigenvalue weighted by Crippen LogP contribution is -2.32. The molecule has 17 heavy (non-hydrogen) atoms. The standard InChI is InChI=1S/C13H17BrN2O/c1-4-5-8(2)16-13(17)11-6-10(14)7-12(15)9(11)3/h4,6-8H,1,5,15H2,2-3H3,(H,16,17). The van der Waals surface area contributed by atoms with Gasteiger partial charge in [-0.05, 0) is 38.0 Å². The van der Waals surface area contributed by atoms with E-state index in [1.54, 1.807) is 18.2 Å². The van der Waals surface area contributed by atoms with Gasteiger partial charge in [0.15, 0.2) is 0 Å². The SMILES string of the molecule is C=CCC(C)NC(=O)c1cc(Br)cc(N)c1C. The van der Waals surface area contributed by atoms with E-state index >= 15 is 0 Å². The average molecular weight is 297 g/mol. The van der Waals surface area contributed by atoms with Gasteiger partial charge in [-0.1, -0.05) is 22.0 Å². The summed E-state index contributed by atoms with van der Waals surface area (Å²) < 4.78 is 0.808. The molecule has 92 valence electrons. The molecular formula is C13H17BrN2O. The van der Waals surface area contributed by atoms with Gasteiger partial charge in [0.2, 0.25) is 0 Å². The van der Waals surface area contributed by atoms with Crippen molar-refractivity contribution in [2.45, 2.75) is 26.3 Å². The summed E-state index contributed by atoms with van der Waals surface area (Å²) in [4.78, 5) is 12.0. The Balaban J connectivity index is 2.92. The largest absolute Gasteiger partial charge is 0.398 e. The topological polar surface area (TPSA) is 55.1 Å². The van der Waals surface area contributed by atoms with E-state index < -0.39 is 0 Å². The number of nitrogens with two attached hydrogens (primary N) is 1. The molecule has 0 aliphatic heterocycles. The molecule has 4 heteroatoms. The van der Waals surface area contributed by atoms with Crippen molar-refractivity contribution in [1.82, 2.24) is 5.32 Å². The van der Waals surface area contributed by atoms with Gasteiger partial charge >= 0.3 is 0 Å². The molecule has 1 rings (SSSR count). The van der Waals surface area contributed by atoms with E-state index in [2.05, 4.69) is 27.8 Å². The van der Waals surface area contributed by atoms with E-state index in [0.29, 0.717) is 11.3 Å². The van der Waals surface area contributed by atoms with Gasteiger partial charge in [-0.3, -0.25) is 4.79 Å². The number of anilines is 1. The maximum atomic E-state index is 12.0. The second-order valence-electron chi connectivity index (χ2n) is 4.07. The Morgan fingerprint density at radius 3 is 2.88 bits per heavy atom. The van der Waals surface area contributed by atoms with Gasteiger partial charge in [0.05, 0.1) is 0 Å². The summed E-state index contributed by atoms with van der Waals surface area (Å²) >= 11 is 3.34. The fraction of sp³-hybridized carbons (Fsp3) is 0.308. The quantitative estimate of drug-likeness (QED) is 0.663. The summed E-state index contributed by atoms with van der Waals surface area (Å²) in [5.41, 5.74) is 7.84. The maximum Gasteiger partial charge on any atom is 0.251 e. The van der Waals surface area contributed by atoms with Crippen LogP contribution < -0.4 is 11.1 Å². The van der Waals surface area contributed by atoms with Gasteiger partial charge in [0.1, 0.15) is 0 Å². The lowest BCUT2D eigenvalue weighted by molar-refractivity contribution is 0.0940. The Kier molecular flexibility index (Phi) is 4.75. The molecule has 1 amide bonds. The van der Waals surface area contributed by atoms with E-state index in [1.165, 1.54) is 0 Å². The van der Waals surface area contributed by atoms with Crippen molar-refractivity contribution in [1.29, 1.82) is 0 Å². The molecule has 0 aromatic heterocycles. The number of nitrogen functional groups attached to an aromatic ring is 1. The van der Waals surface area contributed by atoms with Crippen LogP contribution in [-0.2, 0) is 0 Å². The molecule has 0 saturated carbocycles. The fourth-order valence-corrected chi connectivity index (χ4v) is 2.02. The number of hydrogen-bond donors (Lipinski definition) is 2. The normalized spacial score (nSPS) is 11.9. The number of halogens is 1. The smallest absolute Gasteiger partial charge is 0.251 e. The highest BCUT2D eigenvalue weighted by Gasteiger charge is 2.13. The Morgan fingerprint density at radius 1 is 1.65 bits per heavy atom. The monoisotopic (exact) mass is 296 g/mol. The summed E-state index contributed by atoms with van der Waals surface area (Å²) in [6.07, 6.45) is 2.53. The van der Waals surface area contributed by atoms with Gasteiger partial charge in [-0.2, -0.15) is 0 Å². The third kappa shape index (κ3) is 3.60. The summed E-state index contributed by atoms with van der Waals surface area (Å²) in [5.74, 6) is -0.107. The second kappa shape index (κ2) is 5.87. The molecule has 0 bridgehead atoms. The first-order valence-corrected chi connectivity index (χ1v) is 6.22. The summed E-state index contributed by atoms with van der Waals surface area (Å²) in [5, 5.41) is 2.91. The van der Waals surface area contributed by atoms with Gasteiger partial charge in [0.25, 0.3) is 5.91 Å². The minimum absolute atomic E-state index is 0.0691. The number of nitrogens with one attached hydrogen (secondary N) is 1. The average Bonchev–Trinajstić information content (AvgIpc) is 2.23. The molecule has 0 spiro atoms. The van der Waals surface area contributed by atoms with Crippen LogP contribution in [0.25, 0.3) is 0 Å². The molecule has 3 N–H and O–H groups in total. The van der Waals surface area contributed by atoms with Crippen LogP contribution >= 0.6 is 15.9 Å². The number of carbonyl (C=O) groups excluding carboxylic acids is 1. The molecular weight excluding hydrogens is 280 g/mol. The van der Waals surface area contributed by atoms with E-state index in [9.17, 15) is 4.79 Å². The molecule has 0 aliphatic carbocycles. The van der Waals surface area contributed by atoms with Crippen molar-refractivity contribution in [3.05, 3.63) is 40.4 Å². The third-order valence-electron chi connectivity index (χ3n) is 2.55. The van der Waals surface area contributed by atoms with Crippen molar-refractivity contribution < 1.29 is 4.79 Å². The van der Waals surface area contributed by atoms with E-state index in [0.717, 1.165) is 16.5 Å².